The van der Waals surface area contributed by atoms with Gasteiger partial charge < -0.3 is 0 Å². The summed E-state index contributed by atoms with van der Waals surface area (Å²) in [5, 5.41) is 13.0. The van der Waals surface area contributed by atoms with E-state index in [0.717, 1.165) is 54.0 Å². The summed E-state index contributed by atoms with van der Waals surface area (Å²) in [6, 6.07) is 2.04. The molecular formula is C24H23FN6O. The summed E-state index contributed by atoms with van der Waals surface area (Å²) >= 11 is 0. The number of benzene rings is 1. The Balaban J connectivity index is 1.61. The fraction of sp³-hybridized carbons (Fsp3) is 0.375. The molecule has 1 aromatic carbocycles. The van der Waals surface area contributed by atoms with Crippen molar-refractivity contribution >= 4 is 22.2 Å². The van der Waals surface area contributed by atoms with E-state index in [-0.39, 0.29) is 23.2 Å². The highest BCUT2D eigenvalue weighted by Crippen LogP contribution is 2.45. The van der Waals surface area contributed by atoms with E-state index in [1.165, 1.54) is 23.5 Å². The number of nitrogens with one attached hydrogen (secondary N) is 1. The van der Waals surface area contributed by atoms with Crippen molar-refractivity contribution in [3.05, 3.63) is 69.4 Å². The summed E-state index contributed by atoms with van der Waals surface area (Å²) in [6.07, 6.45) is 11.8. The summed E-state index contributed by atoms with van der Waals surface area (Å²) in [5.74, 6) is 0.372. The molecule has 1 aliphatic heterocycles. The van der Waals surface area contributed by atoms with Gasteiger partial charge in [-0.2, -0.15) is 10.2 Å². The predicted octanol–water partition coefficient (Wildman–Crippen LogP) is 3.77. The molecule has 7 nitrogen and oxygen atoms in total. The number of hydrogen-bond donors (Lipinski definition) is 1. The minimum Gasteiger partial charge on any atom is -0.267 e. The van der Waals surface area contributed by atoms with Crippen LogP contribution in [0, 0.1) is 5.92 Å². The molecule has 1 N–H and O–H groups in total. The molecule has 0 bridgehead atoms. The van der Waals surface area contributed by atoms with Gasteiger partial charge in [-0.3, -0.25) is 14.5 Å². The maximum Gasteiger partial charge on any atom is 0.272 e. The van der Waals surface area contributed by atoms with E-state index in [1.54, 1.807) is 10.8 Å². The Morgan fingerprint density at radius 2 is 2.16 bits per heavy atom. The average Bonchev–Trinajstić information content (AvgIpc) is 3.21. The van der Waals surface area contributed by atoms with E-state index in [0.29, 0.717) is 18.2 Å². The minimum absolute atomic E-state index is 0.0379. The van der Waals surface area contributed by atoms with Gasteiger partial charge in [-0.25, -0.2) is 14.5 Å². The topological polar surface area (TPSA) is 88.8 Å². The van der Waals surface area contributed by atoms with E-state index < -0.39 is 0 Å². The molecule has 2 unspecified atom stereocenters. The Morgan fingerprint density at radius 3 is 2.94 bits per heavy atom. The van der Waals surface area contributed by atoms with Gasteiger partial charge >= 0.3 is 0 Å². The molecule has 0 spiro atoms. The first-order valence-electron chi connectivity index (χ1n) is 11.1. The molecule has 2 atom stereocenters. The number of aromatic amines is 1. The van der Waals surface area contributed by atoms with Crippen molar-refractivity contribution in [2.24, 2.45) is 18.0 Å². The van der Waals surface area contributed by atoms with Crippen LogP contribution in [0.2, 0.25) is 0 Å². The van der Waals surface area contributed by atoms with Crippen LogP contribution < -0.4 is 5.56 Å². The summed E-state index contributed by atoms with van der Waals surface area (Å²) in [7, 11) is 1.86. The van der Waals surface area contributed by atoms with E-state index >= 15 is 0 Å². The lowest BCUT2D eigenvalue weighted by molar-refractivity contribution is 0.630. The van der Waals surface area contributed by atoms with E-state index in [4.69, 9.17) is 4.99 Å². The van der Waals surface area contributed by atoms with Crippen LogP contribution in [0.3, 0.4) is 0 Å². The fourth-order valence-corrected chi connectivity index (χ4v) is 5.32. The largest absolute Gasteiger partial charge is 0.272 e. The van der Waals surface area contributed by atoms with E-state index in [2.05, 4.69) is 20.3 Å². The maximum atomic E-state index is 13.7. The Hall–Kier alpha value is -3.42. The number of allylic oxidation sites excluding steroid dienone is 4. The van der Waals surface area contributed by atoms with Gasteiger partial charge in [-0.15, -0.1) is 0 Å². The Labute approximate surface area is 183 Å². The number of rotatable bonds is 3. The van der Waals surface area contributed by atoms with Crippen molar-refractivity contribution in [2.75, 3.05) is 0 Å². The van der Waals surface area contributed by atoms with Gasteiger partial charge in [0.15, 0.2) is 0 Å². The van der Waals surface area contributed by atoms with E-state index in [9.17, 15) is 9.18 Å². The quantitative estimate of drug-likeness (QED) is 0.685. The molecule has 32 heavy (non-hydrogen) atoms. The number of aromatic nitrogens is 5. The lowest BCUT2D eigenvalue weighted by Gasteiger charge is -2.31. The average molecular weight is 430 g/mol. The second-order valence-corrected chi connectivity index (χ2v) is 8.81. The van der Waals surface area contributed by atoms with Crippen LogP contribution in [-0.4, -0.2) is 30.7 Å². The highest BCUT2D eigenvalue weighted by molar-refractivity contribution is 6.08. The first-order chi connectivity index (χ1) is 15.6. The number of aliphatic imine (C=N–C) groups is 1. The molecule has 0 radical (unpaired) electrons. The van der Waals surface area contributed by atoms with Crippen LogP contribution in [0.1, 0.15) is 47.8 Å². The summed E-state index contributed by atoms with van der Waals surface area (Å²) in [5.41, 5.74) is 4.91. The molecule has 2 aromatic heterocycles. The third-order valence-corrected chi connectivity index (χ3v) is 6.95. The van der Waals surface area contributed by atoms with Gasteiger partial charge in [0.2, 0.25) is 0 Å². The van der Waals surface area contributed by atoms with Gasteiger partial charge in [0.25, 0.3) is 5.56 Å². The number of hydrogen-bond acceptors (Lipinski definition) is 5. The zero-order valence-electron chi connectivity index (χ0n) is 17.8. The lowest BCUT2D eigenvalue weighted by atomic mass is 9.78. The summed E-state index contributed by atoms with van der Waals surface area (Å²) in [6.45, 7) is 0. The number of nitrogens with zero attached hydrogens (tertiary/aromatic N) is 5. The second kappa shape index (κ2) is 7.32. The van der Waals surface area contributed by atoms with Gasteiger partial charge in [-0.1, -0.05) is 6.08 Å². The zero-order valence-corrected chi connectivity index (χ0v) is 17.8. The molecule has 3 aromatic rings. The molecule has 0 amide bonds. The molecule has 162 valence electrons. The fourth-order valence-electron chi connectivity index (χ4n) is 5.32. The molecule has 0 fully saturated rings. The molecule has 3 aliphatic rings. The first-order valence-corrected chi connectivity index (χ1v) is 11.1. The van der Waals surface area contributed by atoms with Gasteiger partial charge in [0, 0.05) is 36.4 Å². The third-order valence-electron chi connectivity index (χ3n) is 6.95. The van der Waals surface area contributed by atoms with Crippen molar-refractivity contribution < 1.29 is 4.39 Å². The lowest BCUT2D eigenvalue weighted by Crippen LogP contribution is -2.29. The van der Waals surface area contributed by atoms with Crippen LogP contribution >= 0.6 is 0 Å². The Morgan fingerprint density at radius 1 is 1.28 bits per heavy atom. The summed E-state index contributed by atoms with van der Waals surface area (Å²) < 4.78 is 15.5. The highest BCUT2D eigenvalue weighted by Gasteiger charge is 2.35. The van der Waals surface area contributed by atoms with Crippen molar-refractivity contribution in [3.63, 3.8) is 0 Å². The predicted molar refractivity (Wildman–Crippen MR) is 120 cm³/mol. The standard InChI is InChI=1S/C24H23FN6O/c1-31-19(26-12-27-31)11-18-21(13-6-8-15(25)9-7-13)28-22-16-5-3-2-4-14(16)10-17-20(22)23(18)29-30-24(17)32/h6,8-10,12-13,18H,2-5,7,11H2,1H3,(H,30,32). The van der Waals surface area contributed by atoms with Crippen molar-refractivity contribution in [3.8, 4) is 0 Å². The van der Waals surface area contributed by atoms with Crippen LogP contribution in [0.25, 0.3) is 10.8 Å². The molecule has 6 rings (SSSR count). The monoisotopic (exact) mass is 430 g/mol. The highest BCUT2D eigenvalue weighted by atomic mass is 19.1. The van der Waals surface area contributed by atoms with Crippen molar-refractivity contribution in [1.82, 2.24) is 25.0 Å². The Kier molecular flexibility index (Phi) is 4.41. The Bertz CT molecular complexity index is 1400. The van der Waals surface area contributed by atoms with Gasteiger partial charge in [0.1, 0.15) is 18.0 Å². The zero-order chi connectivity index (χ0) is 21.8. The number of halogens is 1. The molecule has 2 aliphatic carbocycles. The van der Waals surface area contributed by atoms with Crippen LogP contribution in [0.15, 0.2) is 46.2 Å². The van der Waals surface area contributed by atoms with Crippen LogP contribution in [0.4, 0.5) is 10.1 Å². The second-order valence-electron chi connectivity index (χ2n) is 8.81. The maximum absolute atomic E-state index is 13.7. The summed E-state index contributed by atoms with van der Waals surface area (Å²) in [4.78, 5) is 22.4. The SMILES string of the molecule is Cn1ncnc1CC1C(C2C=CC(F)=CC2)=Nc2c3c(cc4c(=O)[nH]nc1c24)CCCC3. The number of H-pyrrole nitrogens is 1. The number of aryl methyl sites for hydroxylation is 2. The normalized spacial score (nSPS) is 21.9. The van der Waals surface area contributed by atoms with Crippen LogP contribution in [-0.2, 0) is 26.3 Å². The third kappa shape index (κ3) is 2.97. The first kappa shape index (κ1) is 19.3. The smallest absolute Gasteiger partial charge is 0.267 e. The molecule has 0 saturated heterocycles. The van der Waals surface area contributed by atoms with Crippen molar-refractivity contribution in [2.45, 2.75) is 44.4 Å². The molecule has 3 heterocycles. The van der Waals surface area contributed by atoms with Crippen LogP contribution in [0.5, 0.6) is 0 Å². The molecule has 0 saturated carbocycles. The molecule has 8 heteroatoms. The van der Waals surface area contributed by atoms with Crippen molar-refractivity contribution in [1.29, 1.82) is 0 Å². The molecular weight excluding hydrogens is 407 g/mol. The van der Waals surface area contributed by atoms with Gasteiger partial charge in [-0.05, 0) is 61.4 Å². The van der Waals surface area contributed by atoms with E-state index in [1.807, 2.05) is 19.2 Å². The number of fused-ring (bicyclic) bond motifs is 2. The van der Waals surface area contributed by atoms with Gasteiger partial charge in [0.05, 0.1) is 16.8 Å². The minimum atomic E-state index is -0.218.